The molecule has 0 heterocycles. The third-order valence-electron chi connectivity index (χ3n) is 4.86. The molecule has 1 N–H and O–H groups in total. The van der Waals surface area contributed by atoms with Gasteiger partial charge in [-0.3, -0.25) is 0 Å². The normalized spacial score (nSPS) is 13.4. The number of hydrogen-bond donors (Lipinski definition) is 1. The van der Waals surface area contributed by atoms with E-state index < -0.39 is 11.6 Å². The van der Waals surface area contributed by atoms with Gasteiger partial charge in [-0.2, -0.15) is 0 Å². The van der Waals surface area contributed by atoms with Gasteiger partial charge in [0, 0.05) is 5.92 Å². The number of carbonyl (C=O) groups excluding carboxylic acids is 2. The molecule has 0 aliphatic carbocycles. The maximum absolute atomic E-state index is 12.1. The molecule has 2 unspecified atom stereocenters. The summed E-state index contributed by atoms with van der Waals surface area (Å²) in [5.74, 6) is -1.50. The van der Waals surface area contributed by atoms with Gasteiger partial charge in [0.1, 0.15) is 11.9 Å². The molecule has 0 bridgehead atoms. The van der Waals surface area contributed by atoms with Gasteiger partial charge in [0.15, 0.2) is 0 Å². The number of benzene rings is 2. The van der Waals surface area contributed by atoms with E-state index in [1.807, 2.05) is 39.8 Å². The van der Waals surface area contributed by atoms with Crippen LogP contribution in [0.25, 0.3) is 0 Å². The number of carboxylic acids is 1. The van der Waals surface area contributed by atoms with E-state index in [1.165, 1.54) is 0 Å². The number of carbonyl (C=O) groups is 3. The lowest BCUT2D eigenvalue weighted by Crippen LogP contribution is -2.23. The van der Waals surface area contributed by atoms with Crippen molar-refractivity contribution in [2.45, 2.75) is 52.1 Å². The first-order valence-electron chi connectivity index (χ1n) is 9.71. The SMILES string of the molecule is CC(c1ccc(C(=O)OC(C)(C)C)cc1)C(C=O)CCc1ccc(C(=O)O)cc1. The smallest absolute Gasteiger partial charge is 0.338 e. The van der Waals surface area contributed by atoms with Crippen LogP contribution in [0.3, 0.4) is 0 Å². The molecular weight excluding hydrogens is 368 g/mol. The number of hydrogen-bond acceptors (Lipinski definition) is 4. The summed E-state index contributed by atoms with van der Waals surface area (Å²) in [7, 11) is 0. The predicted molar refractivity (Wildman–Crippen MR) is 111 cm³/mol. The van der Waals surface area contributed by atoms with Crippen molar-refractivity contribution in [2.24, 2.45) is 5.92 Å². The first kappa shape index (κ1) is 22.3. The summed E-state index contributed by atoms with van der Waals surface area (Å²) in [6.07, 6.45) is 2.31. The molecule has 0 fully saturated rings. The lowest BCUT2D eigenvalue weighted by Gasteiger charge is -2.21. The van der Waals surface area contributed by atoms with Gasteiger partial charge in [-0.1, -0.05) is 31.2 Å². The maximum Gasteiger partial charge on any atom is 0.338 e. The fourth-order valence-electron chi connectivity index (χ4n) is 3.09. The molecule has 0 saturated heterocycles. The fourth-order valence-corrected chi connectivity index (χ4v) is 3.09. The Labute approximate surface area is 171 Å². The first-order chi connectivity index (χ1) is 13.6. The Hall–Kier alpha value is -2.95. The van der Waals surface area contributed by atoms with Crippen LogP contribution in [0.15, 0.2) is 48.5 Å². The molecule has 29 heavy (non-hydrogen) atoms. The highest BCUT2D eigenvalue weighted by molar-refractivity contribution is 5.89. The second-order valence-corrected chi connectivity index (χ2v) is 8.25. The average Bonchev–Trinajstić information content (AvgIpc) is 2.67. The van der Waals surface area contributed by atoms with Crippen LogP contribution in [0, 0.1) is 5.92 Å². The van der Waals surface area contributed by atoms with Gasteiger partial charge in [0.05, 0.1) is 11.1 Å². The number of rotatable bonds is 8. The summed E-state index contributed by atoms with van der Waals surface area (Å²) in [5, 5.41) is 8.96. The summed E-state index contributed by atoms with van der Waals surface area (Å²) in [6.45, 7) is 7.47. The highest BCUT2D eigenvalue weighted by atomic mass is 16.6. The van der Waals surface area contributed by atoms with Gasteiger partial charge in [0.25, 0.3) is 0 Å². The number of aryl methyl sites for hydroxylation is 1. The zero-order valence-corrected chi connectivity index (χ0v) is 17.3. The molecule has 5 heteroatoms. The minimum Gasteiger partial charge on any atom is -0.478 e. The number of ether oxygens (including phenoxy) is 1. The van der Waals surface area contributed by atoms with Crippen LogP contribution in [0.1, 0.15) is 71.9 Å². The van der Waals surface area contributed by atoms with Crippen molar-refractivity contribution >= 4 is 18.2 Å². The van der Waals surface area contributed by atoms with Crippen molar-refractivity contribution < 1.29 is 24.2 Å². The van der Waals surface area contributed by atoms with Gasteiger partial charge in [-0.05, 0) is 74.9 Å². The lowest BCUT2D eigenvalue weighted by molar-refractivity contribution is -0.111. The van der Waals surface area contributed by atoms with Crippen LogP contribution >= 0.6 is 0 Å². The molecular formula is C24H28O5. The first-order valence-corrected chi connectivity index (χ1v) is 9.71. The summed E-state index contributed by atoms with van der Waals surface area (Å²) < 4.78 is 5.37. The monoisotopic (exact) mass is 396 g/mol. The average molecular weight is 396 g/mol. The van der Waals surface area contributed by atoms with E-state index in [0.717, 1.165) is 17.4 Å². The summed E-state index contributed by atoms with van der Waals surface area (Å²) in [5.41, 5.74) is 2.16. The molecule has 2 rings (SSSR count). The third-order valence-corrected chi connectivity index (χ3v) is 4.86. The van der Waals surface area contributed by atoms with E-state index in [9.17, 15) is 14.4 Å². The van der Waals surface area contributed by atoms with Crippen molar-refractivity contribution in [3.05, 3.63) is 70.8 Å². The van der Waals surface area contributed by atoms with Crippen LogP contribution < -0.4 is 0 Å². The summed E-state index contributed by atoms with van der Waals surface area (Å²) in [4.78, 5) is 34.7. The van der Waals surface area contributed by atoms with Crippen LogP contribution in [-0.4, -0.2) is 28.9 Å². The topological polar surface area (TPSA) is 80.7 Å². The maximum atomic E-state index is 12.1. The van der Waals surface area contributed by atoms with Crippen LogP contribution in [-0.2, 0) is 16.0 Å². The Balaban J connectivity index is 2.01. The van der Waals surface area contributed by atoms with Gasteiger partial charge < -0.3 is 14.6 Å². The Morgan fingerprint density at radius 3 is 2.03 bits per heavy atom. The van der Waals surface area contributed by atoms with E-state index in [2.05, 4.69) is 0 Å². The van der Waals surface area contributed by atoms with E-state index in [0.29, 0.717) is 18.4 Å². The molecule has 5 nitrogen and oxygen atoms in total. The Bertz CT molecular complexity index is 844. The zero-order valence-electron chi connectivity index (χ0n) is 17.3. The molecule has 0 aliphatic heterocycles. The van der Waals surface area contributed by atoms with E-state index in [1.54, 1.807) is 36.4 Å². The summed E-state index contributed by atoms with van der Waals surface area (Å²) >= 11 is 0. The van der Waals surface area contributed by atoms with E-state index >= 15 is 0 Å². The molecule has 2 aromatic carbocycles. The predicted octanol–water partition coefficient (Wildman–Crippen LogP) is 4.89. The van der Waals surface area contributed by atoms with E-state index in [4.69, 9.17) is 9.84 Å². The second-order valence-electron chi connectivity index (χ2n) is 8.25. The Kier molecular flexibility index (Phi) is 7.32. The molecule has 154 valence electrons. The number of aldehydes is 1. The molecule has 2 aromatic rings. The van der Waals surface area contributed by atoms with Crippen LogP contribution in [0.5, 0.6) is 0 Å². The molecule has 0 aliphatic rings. The van der Waals surface area contributed by atoms with Crippen molar-refractivity contribution in [2.75, 3.05) is 0 Å². The zero-order chi connectivity index (χ0) is 21.6. The van der Waals surface area contributed by atoms with Gasteiger partial charge in [-0.25, -0.2) is 9.59 Å². The van der Waals surface area contributed by atoms with Gasteiger partial charge in [0.2, 0.25) is 0 Å². The molecule has 2 atom stereocenters. The lowest BCUT2D eigenvalue weighted by atomic mass is 9.84. The van der Waals surface area contributed by atoms with Crippen LogP contribution in [0.4, 0.5) is 0 Å². The molecule has 0 spiro atoms. The van der Waals surface area contributed by atoms with Gasteiger partial charge in [-0.15, -0.1) is 0 Å². The number of esters is 1. The van der Waals surface area contributed by atoms with E-state index in [-0.39, 0.29) is 23.4 Å². The van der Waals surface area contributed by atoms with Crippen LogP contribution in [0.2, 0.25) is 0 Å². The fraction of sp³-hybridized carbons (Fsp3) is 0.375. The Morgan fingerprint density at radius 1 is 1.00 bits per heavy atom. The number of carboxylic acid groups (broad SMARTS) is 1. The molecule has 0 radical (unpaired) electrons. The largest absolute Gasteiger partial charge is 0.478 e. The minimum absolute atomic E-state index is 0.00141. The van der Waals surface area contributed by atoms with Crippen molar-refractivity contribution in [3.63, 3.8) is 0 Å². The summed E-state index contributed by atoms with van der Waals surface area (Å²) in [6, 6.07) is 13.9. The quantitative estimate of drug-likeness (QED) is 0.507. The van der Waals surface area contributed by atoms with Crippen molar-refractivity contribution in [1.82, 2.24) is 0 Å². The molecule has 0 amide bonds. The van der Waals surface area contributed by atoms with Gasteiger partial charge >= 0.3 is 11.9 Å². The Morgan fingerprint density at radius 2 is 1.55 bits per heavy atom. The minimum atomic E-state index is -0.953. The second kappa shape index (κ2) is 9.50. The van der Waals surface area contributed by atoms with Crippen molar-refractivity contribution in [1.29, 1.82) is 0 Å². The standard InChI is InChI=1S/C24H28O5/c1-16(18-11-13-20(14-12-18)23(28)29-24(2,3)4)21(15-25)10-7-17-5-8-19(9-6-17)22(26)27/h5-6,8-9,11-16,21H,7,10H2,1-4H3,(H,26,27). The van der Waals surface area contributed by atoms with Crippen molar-refractivity contribution in [3.8, 4) is 0 Å². The highest BCUT2D eigenvalue weighted by Crippen LogP contribution is 2.27. The third kappa shape index (κ3) is 6.56. The molecule has 0 saturated carbocycles. The number of aromatic carboxylic acids is 1. The highest BCUT2D eigenvalue weighted by Gasteiger charge is 2.21. The molecule has 0 aromatic heterocycles.